The molecule has 0 aliphatic rings. The van der Waals surface area contributed by atoms with Crippen molar-refractivity contribution in [2.75, 3.05) is 12.8 Å². The largest absolute Gasteiger partial charge is 0.493 e. The Hall–Kier alpha value is -1.77. The van der Waals surface area contributed by atoms with Crippen molar-refractivity contribution in [2.45, 2.75) is 26.2 Å². The molecule has 1 heterocycles. The maximum Gasteiger partial charge on any atom is 0.166 e. The summed E-state index contributed by atoms with van der Waals surface area (Å²) in [6.07, 6.45) is 0. The van der Waals surface area contributed by atoms with Gasteiger partial charge in [-0.2, -0.15) is 0 Å². The molecule has 17 heavy (non-hydrogen) atoms. The minimum atomic E-state index is 0.128. The number of hydrogen-bond acceptors (Lipinski definition) is 3. The Bertz CT molecular complexity index is 556. The summed E-state index contributed by atoms with van der Waals surface area (Å²) in [5.74, 6) is 1.06. The molecule has 0 saturated carbocycles. The van der Waals surface area contributed by atoms with Gasteiger partial charge in [0.1, 0.15) is 0 Å². The molecule has 3 heteroatoms. The van der Waals surface area contributed by atoms with E-state index in [9.17, 15) is 0 Å². The molecule has 3 nitrogen and oxygen atoms in total. The van der Waals surface area contributed by atoms with Crippen LogP contribution in [0.25, 0.3) is 10.9 Å². The smallest absolute Gasteiger partial charge is 0.166 e. The van der Waals surface area contributed by atoms with Crippen LogP contribution in [0.1, 0.15) is 26.3 Å². The van der Waals surface area contributed by atoms with Crippen molar-refractivity contribution in [1.82, 2.24) is 4.98 Å². The lowest BCUT2D eigenvalue weighted by molar-refractivity contribution is 0.416. The second-order valence-corrected chi connectivity index (χ2v) is 5.23. The van der Waals surface area contributed by atoms with Gasteiger partial charge >= 0.3 is 0 Å². The molecule has 1 aromatic heterocycles. The second kappa shape index (κ2) is 3.91. The van der Waals surface area contributed by atoms with E-state index in [4.69, 9.17) is 10.5 Å². The van der Waals surface area contributed by atoms with Crippen LogP contribution in [0.15, 0.2) is 24.3 Å². The van der Waals surface area contributed by atoms with Gasteiger partial charge in [0.2, 0.25) is 0 Å². The monoisotopic (exact) mass is 230 g/mol. The van der Waals surface area contributed by atoms with Gasteiger partial charge in [-0.1, -0.05) is 26.8 Å². The molecule has 90 valence electrons. The Morgan fingerprint density at radius 3 is 2.47 bits per heavy atom. The molecule has 0 aliphatic heterocycles. The van der Waals surface area contributed by atoms with Crippen LogP contribution in [0.4, 0.5) is 5.82 Å². The molecular formula is C14H18N2O. The van der Waals surface area contributed by atoms with Gasteiger partial charge < -0.3 is 10.5 Å². The van der Waals surface area contributed by atoms with E-state index < -0.39 is 0 Å². The highest BCUT2D eigenvalue weighted by Crippen LogP contribution is 2.29. The highest BCUT2D eigenvalue weighted by atomic mass is 16.5. The Morgan fingerprint density at radius 1 is 1.18 bits per heavy atom. The third kappa shape index (κ3) is 2.18. The van der Waals surface area contributed by atoms with E-state index in [0.717, 1.165) is 10.9 Å². The number of pyridine rings is 1. The first-order valence-corrected chi connectivity index (χ1v) is 5.66. The van der Waals surface area contributed by atoms with Crippen LogP contribution in [-0.4, -0.2) is 12.1 Å². The fourth-order valence-electron chi connectivity index (χ4n) is 1.80. The van der Waals surface area contributed by atoms with Gasteiger partial charge in [0.25, 0.3) is 0 Å². The normalized spacial score (nSPS) is 11.8. The topological polar surface area (TPSA) is 48.1 Å². The van der Waals surface area contributed by atoms with E-state index in [1.165, 1.54) is 5.56 Å². The molecule has 2 aromatic rings. The van der Waals surface area contributed by atoms with E-state index in [1.807, 2.05) is 12.1 Å². The van der Waals surface area contributed by atoms with Gasteiger partial charge in [-0.3, -0.25) is 0 Å². The fraction of sp³-hybridized carbons (Fsp3) is 0.357. The number of nitrogen functional groups attached to an aromatic ring is 1. The fourth-order valence-corrected chi connectivity index (χ4v) is 1.80. The highest BCUT2D eigenvalue weighted by molar-refractivity contribution is 5.83. The molecule has 0 aliphatic carbocycles. The van der Waals surface area contributed by atoms with Gasteiger partial charge in [-0.15, -0.1) is 0 Å². The molecule has 1 aromatic carbocycles. The number of ether oxygens (including phenoxy) is 1. The minimum absolute atomic E-state index is 0.128. The summed E-state index contributed by atoms with van der Waals surface area (Å²) in [6, 6.07) is 8.18. The van der Waals surface area contributed by atoms with Crippen molar-refractivity contribution in [2.24, 2.45) is 0 Å². The minimum Gasteiger partial charge on any atom is -0.493 e. The number of fused-ring (bicyclic) bond motifs is 1. The number of methoxy groups -OCH3 is 1. The Balaban J connectivity index is 2.65. The molecule has 0 atom stereocenters. The third-order valence-electron chi connectivity index (χ3n) is 2.89. The van der Waals surface area contributed by atoms with Crippen LogP contribution >= 0.6 is 0 Å². The lowest BCUT2D eigenvalue weighted by atomic mass is 9.86. The zero-order valence-electron chi connectivity index (χ0n) is 10.7. The molecule has 0 radical (unpaired) electrons. The van der Waals surface area contributed by atoms with E-state index in [2.05, 4.69) is 37.9 Å². The van der Waals surface area contributed by atoms with Crippen LogP contribution in [0.3, 0.4) is 0 Å². The van der Waals surface area contributed by atoms with Crippen LogP contribution in [0, 0.1) is 0 Å². The Labute approximate surface area is 102 Å². The van der Waals surface area contributed by atoms with Gasteiger partial charge in [-0.25, -0.2) is 4.98 Å². The predicted molar refractivity (Wildman–Crippen MR) is 71.4 cm³/mol. The van der Waals surface area contributed by atoms with Crippen LogP contribution < -0.4 is 10.5 Å². The van der Waals surface area contributed by atoms with Crippen LogP contribution in [-0.2, 0) is 5.41 Å². The number of rotatable bonds is 1. The molecule has 0 spiro atoms. The molecular weight excluding hydrogens is 212 g/mol. The first-order chi connectivity index (χ1) is 7.91. The number of nitrogens with two attached hydrogens (primary N) is 1. The Morgan fingerprint density at radius 2 is 1.88 bits per heavy atom. The summed E-state index contributed by atoms with van der Waals surface area (Å²) in [7, 11) is 1.60. The zero-order chi connectivity index (χ0) is 12.6. The highest BCUT2D eigenvalue weighted by Gasteiger charge is 2.14. The summed E-state index contributed by atoms with van der Waals surface area (Å²) in [4.78, 5) is 4.32. The number of anilines is 1. The van der Waals surface area contributed by atoms with Crippen molar-refractivity contribution in [3.05, 3.63) is 29.8 Å². The van der Waals surface area contributed by atoms with Crippen molar-refractivity contribution < 1.29 is 4.74 Å². The summed E-state index contributed by atoms with van der Waals surface area (Å²) >= 11 is 0. The molecule has 0 amide bonds. The number of benzene rings is 1. The third-order valence-corrected chi connectivity index (χ3v) is 2.89. The van der Waals surface area contributed by atoms with Crippen molar-refractivity contribution in [3.63, 3.8) is 0 Å². The SMILES string of the molecule is COc1cc2cc(C(C)(C)C)ccc2nc1N. The standard InChI is InChI=1S/C14H18N2O/c1-14(2,3)10-5-6-11-9(7-10)8-12(17-4)13(15)16-11/h5-8H,1-4H3,(H2,15,16). The molecule has 0 unspecified atom stereocenters. The molecule has 2 rings (SSSR count). The zero-order valence-corrected chi connectivity index (χ0v) is 10.7. The Kier molecular flexibility index (Phi) is 2.69. The first kappa shape index (κ1) is 11.7. The average Bonchev–Trinajstić information content (AvgIpc) is 2.26. The quantitative estimate of drug-likeness (QED) is 0.818. The maximum absolute atomic E-state index is 5.78. The van der Waals surface area contributed by atoms with Gasteiger partial charge in [0, 0.05) is 5.39 Å². The molecule has 2 N–H and O–H groups in total. The molecule has 0 bridgehead atoms. The number of aromatic nitrogens is 1. The first-order valence-electron chi connectivity index (χ1n) is 5.66. The number of nitrogens with zero attached hydrogens (tertiary/aromatic N) is 1. The second-order valence-electron chi connectivity index (χ2n) is 5.23. The van der Waals surface area contributed by atoms with Gasteiger partial charge in [0.05, 0.1) is 12.6 Å². The summed E-state index contributed by atoms with van der Waals surface area (Å²) < 4.78 is 5.19. The van der Waals surface area contributed by atoms with E-state index in [-0.39, 0.29) is 5.41 Å². The summed E-state index contributed by atoms with van der Waals surface area (Å²) in [5.41, 5.74) is 8.09. The van der Waals surface area contributed by atoms with Crippen LogP contribution in [0.5, 0.6) is 5.75 Å². The van der Waals surface area contributed by atoms with E-state index >= 15 is 0 Å². The lowest BCUT2D eigenvalue weighted by Gasteiger charge is -2.19. The van der Waals surface area contributed by atoms with Crippen LogP contribution in [0.2, 0.25) is 0 Å². The van der Waals surface area contributed by atoms with Crippen molar-refractivity contribution in [1.29, 1.82) is 0 Å². The summed E-state index contributed by atoms with van der Waals surface area (Å²) in [5, 5.41) is 1.06. The lowest BCUT2D eigenvalue weighted by Crippen LogP contribution is -2.10. The maximum atomic E-state index is 5.78. The van der Waals surface area contributed by atoms with E-state index in [1.54, 1.807) is 7.11 Å². The van der Waals surface area contributed by atoms with Crippen molar-refractivity contribution in [3.8, 4) is 5.75 Å². The van der Waals surface area contributed by atoms with Gasteiger partial charge in [-0.05, 0) is 29.2 Å². The number of hydrogen-bond donors (Lipinski definition) is 1. The summed E-state index contributed by atoms with van der Waals surface area (Å²) in [6.45, 7) is 6.57. The average molecular weight is 230 g/mol. The van der Waals surface area contributed by atoms with E-state index in [0.29, 0.717) is 11.6 Å². The molecule has 0 saturated heterocycles. The van der Waals surface area contributed by atoms with Crippen molar-refractivity contribution >= 4 is 16.7 Å². The molecule has 0 fully saturated rings. The van der Waals surface area contributed by atoms with Gasteiger partial charge in [0.15, 0.2) is 11.6 Å². The predicted octanol–water partition coefficient (Wildman–Crippen LogP) is 3.12.